The summed E-state index contributed by atoms with van der Waals surface area (Å²) in [5, 5.41) is 13.0. The number of nitro groups is 1. The van der Waals surface area contributed by atoms with Crippen LogP contribution >= 0.6 is 0 Å². The van der Waals surface area contributed by atoms with Gasteiger partial charge in [-0.05, 0) is 22.9 Å². The fourth-order valence-corrected chi connectivity index (χ4v) is 2.67. The number of amides is 1. The smallest absolute Gasteiger partial charge is 0.277 e. The Morgan fingerprint density at radius 2 is 1.70 bits per heavy atom. The first-order chi connectivity index (χ1) is 11.1. The number of fused-ring (bicyclic) bond motifs is 1. The molecule has 0 aliphatic heterocycles. The molecule has 0 radical (unpaired) electrons. The van der Waals surface area contributed by atoms with Gasteiger partial charge in [0.1, 0.15) is 0 Å². The van der Waals surface area contributed by atoms with Crippen molar-refractivity contribution in [2.45, 2.75) is 0 Å². The number of nitrogens with one attached hydrogen (secondary N) is 1. The molecular weight excluding hydrogens is 294 g/mol. The molecule has 3 N–H and O–H groups in total. The fraction of sp³-hybridized carbons (Fsp3) is 0. The van der Waals surface area contributed by atoms with Crippen molar-refractivity contribution in [1.29, 1.82) is 0 Å². The van der Waals surface area contributed by atoms with E-state index in [0.717, 1.165) is 5.39 Å². The summed E-state index contributed by atoms with van der Waals surface area (Å²) in [6.45, 7) is 0. The molecule has 3 rings (SSSR count). The molecule has 0 bridgehead atoms. The van der Waals surface area contributed by atoms with Crippen molar-refractivity contribution in [3.05, 3.63) is 76.3 Å². The van der Waals surface area contributed by atoms with Gasteiger partial charge < -0.3 is 0 Å². The number of nitrogens with zero attached hydrogens (tertiary/aromatic N) is 1. The van der Waals surface area contributed by atoms with Gasteiger partial charge in [0.2, 0.25) is 0 Å². The van der Waals surface area contributed by atoms with Crippen LogP contribution in [0.15, 0.2) is 60.7 Å². The van der Waals surface area contributed by atoms with Crippen LogP contribution in [-0.2, 0) is 0 Å². The lowest BCUT2D eigenvalue weighted by molar-refractivity contribution is -0.384. The van der Waals surface area contributed by atoms with E-state index in [2.05, 4.69) is 5.43 Å². The van der Waals surface area contributed by atoms with Crippen molar-refractivity contribution in [2.24, 2.45) is 5.84 Å². The Morgan fingerprint density at radius 1 is 1.00 bits per heavy atom. The molecule has 23 heavy (non-hydrogen) atoms. The lowest BCUT2D eigenvalue weighted by atomic mass is 9.93. The first-order valence-electron chi connectivity index (χ1n) is 6.90. The van der Waals surface area contributed by atoms with Crippen LogP contribution in [0.5, 0.6) is 0 Å². The monoisotopic (exact) mass is 307 g/mol. The average Bonchev–Trinajstić information content (AvgIpc) is 2.60. The van der Waals surface area contributed by atoms with Crippen molar-refractivity contribution < 1.29 is 9.72 Å². The third kappa shape index (κ3) is 2.51. The molecule has 0 aliphatic rings. The number of carbonyl (C=O) groups excluding carboxylic acids is 1. The molecule has 0 saturated carbocycles. The molecule has 0 spiro atoms. The minimum absolute atomic E-state index is 0.0547. The summed E-state index contributed by atoms with van der Waals surface area (Å²) in [4.78, 5) is 23.0. The van der Waals surface area contributed by atoms with Gasteiger partial charge in [-0.1, -0.05) is 42.5 Å². The predicted molar refractivity (Wildman–Crippen MR) is 87.7 cm³/mol. The number of benzene rings is 3. The minimum atomic E-state index is -0.497. The second kappa shape index (κ2) is 5.86. The van der Waals surface area contributed by atoms with Crippen LogP contribution in [0, 0.1) is 10.1 Å². The van der Waals surface area contributed by atoms with Crippen molar-refractivity contribution in [3.63, 3.8) is 0 Å². The summed E-state index contributed by atoms with van der Waals surface area (Å²) in [5.41, 5.74) is 3.19. The largest absolute Gasteiger partial charge is 0.290 e. The van der Waals surface area contributed by atoms with Crippen LogP contribution in [0.2, 0.25) is 0 Å². The maximum Gasteiger partial charge on any atom is 0.277 e. The summed E-state index contributed by atoms with van der Waals surface area (Å²) in [7, 11) is 0. The number of nitro benzene ring substituents is 1. The van der Waals surface area contributed by atoms with Crippen molar-refractivity contribution in [3.8, 4) is 11.1 Å². The fourth-order valence-electron chi connectivity index (χ4n) is 2.67. The molecule has 0 aliphatic carbocycles. The van der Waals surface area contributed by atoms with Crippen LogP contribution in [0.25, 0.3) is 21.9 Å². The van der Waals surface area contributed by atoms with E-state index in [1.807, 2.05) is 12.1 Å². The number of nitrogens with two attached hydrogens (primary N) is 1. The highest BCUT2D eigenvalue weighted by Crippen LogP contribution is 2.38. The standard InChI is InChI=1S/C17H13N3O3/c18-19-17(21)14-8-4-3-7-13(14)16-12-6-2-1-5-11(12)9-10-15(16)20(22)23/h1-10H,18H2,(H,19,21). The molecule has 6 heteroatoms. The quantitative estimate of drug-likeness (QED) is 0.336. The maximum atomic E-state index is 12.0. The van der Waals surface area contributed by atoms with Gasteiger partial charge in [-0.2, -0.15) is 0 Å². The lowest BCUT2D eigenvalue weighted by Gasteiger charge is -2.11. The van der Waals surface area contributed by atoms with E-state index in [-0.39, 0.29) is 11.3 Å². The number of nitrogen functional groups attached to an aromatic ring is 1. The highest BCUT2D eigenvalue weighted by Gasteiger charge is 2.22. The molecule has 0 aromatic heterocycles. The summed E-state index contributed by atoms with van der Waals surface area (Å²) < 4.78 is 0. The second-order valence-corrected chi connectivity index (χ2v) is 4.96. The molecule has 0 unspecified atom stereocenters. The van der Waals surface area contributed by atoms with Gasteiger partial charge in [0.05, 0.1) is 10.5 Å². The number of carbonyl (C=O) groups is 1. The van der Waals surface area contributed by atoms with Crippen molar-refractivity contribution in [2.75, 3.05) is 0 Å². The van der Waals surface area contributed by atoms with Gasteiger partial charge in [0, 0.05) is 17.2 Å². The average molecular weight is 307 g/mol. The molecular formula is C17H13N3O3. The van der Waals surface area contributed by atoms with Crippen molar-refractivity contribution in [1.82, 2.24) is 5.43 Å². The third-order valence-corrected chi connectivity index (χ3v) is 3.68. The zero-order valence-corrected chi connectivity index (χ0v) is 12.0. The SMILES string of the molecule is NNC(=O)c1ccccc1-c1c([N+](=O)[O-])ccc2ccccc12. The van der Waals surface area contributed by atoms with E-state index in [0.29, 0.717) is 16.5 Å². The summed E-state index contributed by atoms with van der Waals surface area (Å²) in [6, 6.07) is 17.2. The first kappa shape index (κ1) is 14.7. The van der Waals surface area contributed by atoms with Gasteiger partial charge in [-0.15, -0.1) is 0 Å². The Hall–Kier alpha value is -3.25. The normalized spacial score (nSPS) is 10.5. The topological polar surface area (TPSA) is 98.3 Å². The van der Waals surface area contributed by atoms with Crippen LogP contribution in [0.4, 0.5) is 5.69 Å². The Bertz CT molecular complexity index is 922. The van der Waals surface area contributed by atoms with Gasteiger partial charge >= 0.3 is 0 Å². The minimum Gasteiger partial charge on any atom is -0.290 e. The Balaban J connectivity index is 2.42. The highest BCUT2D eigenvalue weighted by atomic mass is 16.6. The highest BCUT2D eigenvalue weighted by molar-refractivity contribution is 6.08. The molecule has 1 amide bonds. The number of rotatable bonds is 3. The molecule has 0 atom stereocenters. The lowest BCUT2D eigenvalue weighted by Crippen LogP contribution is -2.30. The zero-order valence-electron chi connectivity index (χ0n) is 12.0. The van der Waals surface area contributed by atoms with Crippen LogP contribution in [0.1, 0.15) is 10.4 Å². The Morgan fingerprint density at radius 3 is 2.43 bits per heavy atom. The molecule has 0 fully saturated rings. The van der Waals surface area contributed by atoms with Crippen molar-refractivity contribution >= 4 is 22.4 Å². The summed E-state index contributed by atoms with van der Waals surface area (Å²) in [5.74, 6) is 4.73. The van der Waals surface area contributed by atoms with Crippen LogP contribution < -0.4 is 11.3 Å². The van der Waals surface area contributed by atoms with Gasteiger partial charge in [-0.3, -0.25) is 20.3 Å². The van der Waals surface area contributed by atoms with E-state index in [1.165, 1.54) is 6.07 Å². The number of hydrogen-bond acceptors (Lipinski definition) is 4. The van der Waals surface area contributed by atoms with E-state index >= 15 is 0 Å². The van der Waals surface area contributed by atoms with E-state index in [1.54, 1.807) is 42.5 Å². The first-order valence-corrected chi connectivity index (χ1v) is 6.90. The van der Waals surface area contributed by atoms with Gasteiger partial charge in [-0.25, -0.2) is 5.84 Å². The van der Waals surface area contributed by atoms with E-state index < -0.39 is 10.8 Å². The molecule has 114 valence electrons. The molecule has 0 heterocycles. The number of hydrazine groups is 1. The van der Waals surface area contributed by atoms with Crippen LogP contribution in [0.3, 0.4) is 0 Å². The van der Waals surface area contributed by atoms with E-state index in [4.69, 9.17) is 5.84 Å². The zero-order chi connectivity index (χ0) is 16.4. The predicted octanol–water partition coefficient (Wildman–Crippen LogP) is 3.02. The molecule has 3 aromatic rings. The number of hydrogen-bond donors (Lipinski definition) is 2. The maximum absolute atomic E-state index is 12.0. The molecule has 6 nitrogen and oxygen atoms in total. The Kier molecular flexibility index (Phi) is 3.74. The summed E-state index contributed by atoms with van der Waals surface area (Å²) in [6.07, 6.45) is 0. The van der Waals surface area contributed by atoms with Crippen LogP contribution in [-0.4, -0.2) is 10.8 Å². The third-order valence-electron chi connectivity index (χ3n) is 3.68. The van der Waals surface area contributed by atoms with Gasteiger partial charge in [0.15, 0.2) is 0 Å². The Labute approximate surface area is 131 Å². The van der Waals surface area contributed by atoms with Gasteiger partial charge in [0.25, 0.3) is 11.6 Å². The second-order valence-electron chi connectivity index (χ2n) is 4.96. The molecule has 3 aromatic carbocycles. The van der Waals surface area contributed by atoms with E-state index in [9.17, 15) is 14.9 Å². The summed E-state index contributed by atoms with van der Waals surface area (Å²) >= 11 is 0. The molecule has 0 saturated heterocycles.